The Hall–Kier alpha value is -1.50. The molecule has 1 aliphatic carbocycles. The van der Waals surface area contributed by atoms with Crippen molar-refractivity contribution in [2.45, 2.75) is 74.1 Å². The van der Waals surface area contributed by atoms with E-state index in [0.717, 1.165) is 0 Å². The van der Waals surface area contributed by atoms with Crippen LogP contribution in [0, 0.1) is 0 Å². The van der Waals surface area contributed by atoms with Gasteiger partial charge in [0.15, 0.2) is 5.96 Å². The summed E-state index contributed by atoms with van der Waals surface area (Å²) in [5, 5.41) is 23.3. The third-order valence-corrected chi connectivity index (χ3v) is 5.47. The van der Waals surface area contributed by atoms with Crippen LogP contribution in [-0.4, -0.2) is 77.2 Å². The lowest BCUT2D eigenvalue weighted by molar-refractivity contribution is -0.185. The van der Waals surface area contributed by atoms with Gasteiger partial charge in [-0.1, -0.05) is 0 Å². The third kappa shape index (κ3) is 5.06. The lowest BCUT2D eigenvalue weighted by Gasteiger charge is -2.47. The first kappa shape index (κ1) is 21.8. The van der Waals surface area contributed by atoms with Gasteiger partial charge < -0.3 is 48.9 Å². The van der Waals surface area contributed by atoms with E-state index in [2.05, 4.69) is 10.3 Å². The summed E-state index contributed by atoms with van der Waals surface area (Å²) >= 11 is 0. The molecule has 2 rings (SSSR count). The number of nitrogens with two attached hydrogens (primary N) is 5. The van der Waals surface area contributed by atoms with E-state index < -0.39 is 35.9 Å². The molecule has 27 heavy (non-hydrogen) atoms. The number of carbonyl (C=O) groups excluding carboxylic acids is 1. The molecule has 1 spiro atoms. The predicted octanol–water partition coefficient (Wildman–Crippen LogP) is -3.82. The molecule has 0 radical (unpaired) electrons. The van der Waals surface area contributed by atoms with Gasteiger partial charge in [-0.15, -0.1) is 0 Å². The van der Waals surface area contributed by atoms with Gasteiger partial charge in [-0.3, -0.25) is 9.79 Å². The lowest BCUT2D eigenvalue weighted by Crippen LogP contribution is -2.68. The number of rotatable bonds is 7. The van der Waals surface area contributed by atoms with E-state index in [9.17, 15) is 15.0 Å². The fourth-order valence-electron chi connectivity index (χ4n) is 3.82. The number of nitrogens with zero attached hydrogens (tertiary/aromatic N) is 1. The molecule has 11 nitrogen and oxygen atoms in total. The summed E-state index contributed by atoms with van der Waals surface area (Å²) < 4.78 is 6.00. The number of nitrogens with one attached hydrogen (secondary N) is 1. The Morgan fingerprint density at radius 2 is 2.04 bits per heavy atom. The molecule has 11 heteroatoms. The first-order chi connectivity index (χ1) is 12.7. The Labute approximate surface area is 158 Å². The SMILES string of the molecule is NC(N)=NCCC[C@H](N)C(=O)NC[C@@H]1CC[C@@]2(O1)[C@H](O)[C@@H](O)[C@H](N)C[C@@H]2N. The van der Waals surface area contributed by atoms with Crippen LogP contribution in [0.1, 0.15) is 32.1 Å². The van der Waals surface area contributed by atoms with E-state index >= 15 is 0 Å². The second-order valence-corrected chi connectivity index (χ2v) is 7.48. The Morgan fingerprint density at radius 3 is 2.70 bits per heavy atom. The minimum Gasteiger partial charge on any atom is -0.389 e. The van der Waals surface area contributed by atoms with Crippen molar-refractivity contribution in [3.63, 3.8) is 0 Å². The molecule has 1 heterocycles. The molecule has 2 aliphatic rings. The van der Waals surface area contributed by atoms with Gasteiger partial charge in [0.05, 0.1) is 18.2 Å². The van der Waals surface area contributed by atoms with E-state index in [1.54, 1.807) is 0 Å². The minimum atomic E-state index is -1.16. The maximum atomic E-state index is 12.1. The fourth-order valence-corrected chi connectivity index (χ4v) is 3.82. The number of amides is 1. The monoisotopic (exact) mass is 387 g/mol. The van der Waals surface area contributed by atoms with Crippen molar-refractivity contribution in [3.05, 3.63) is 0 Å². The topological polar surface area (TPSA) is 221 Å². The predicted molar refractivity (Wildman–Crippen MR) is 100 cm³/mol. The van der Waals surface area contributed by atoms with Crippen LogP contribution in [0.4, 0.5) is 0 Å². The van der Waals surface area contributed by atoms with Crippen LogP contribution in [0.15, 0.2) is 4.99 Å². The first-order valence-corrected chi connectivity index (χ1v) is 9.31. The van der Waals surface area contributed by atoms with Gasteiger partial charge in [0.2, 0.25) is 5.91 Å². The highest BCUT2D eigenvalue weighted by molar-refractivity contribution is 5.81. The van der Waals surface area contributed by atoms with Crippen LogP contribution >= 0.6 is 0 Å². The molecule has 0 aromatic carbocycles. The Balaban J connectivity index is 1.79. The van der Waals surface area contributed by atoms with Crippen LogP contribution in [0.3, 0.4) is 0 Å². The van der Waals surface area contributed by atoms with Crippen LogP contribution < -0.4 is 34.0 Å². The van der Waals surface area contributed by atoms with Crippen molar-refractivity contribution < 1.29 is 19.7 Å². The van der Waals surface area contributed by atoms with Crippen molar-refractivity contribution in [3.8, 4) is 0 Å². The van der Waals surface area contributed by atoms with Gasteiger partial charge in [0, 0.05) is 25.2 Å². The van der Waals surface area contributed by atoms with E-state index in [-0.39, 0.29) is 24.5 Å². The number of ether oxygens (including phenoxy) is 1. The Morgan fingerprint density at radius 1 is 1.33 bits per heavy atom. The second-order valence-electron chi connectivity index (χ2n) is 7.48. The largest absolute Gasteiger partial charge is 0.389 e. The number of hydrogen-bond acceptors (Lipinski definition) is 8. The molecule has 7 atom stereocenters. The van der Waals surface area contributed by atoms with Crippen LogP contribution in [0.25, 0.3) is 0 Å². The van der Waals surface area contributed by atoms with Crippen molar-refractivity contribution >= 4 is 11.9 Å². The van der Waals surface area contributed by atoms with Gasteiger partial charge in [0.1, 0.15) is 11.7 Å². The quantitative estimate of drug-likeness (QED) is 0.122. The molecular weight excluding hydrogens is 354 g/mol. The summed E-state index contributed by atoms with van der Waals surface area (Å²) in [6.07, 6.45) is -0.0633. The number of aliphatic hydroxyl groups excluding tert-OH is 2. The number of guanidine groups is 1. The van der Waals surface area contributed by atoms with E-state index in [1.165, 1.54) is 0 Å². The first-order valence-electron chi connectivity index (χ1n) is 9.31. The zero-order valence-corrected chi connectivity index (χ0v) is 15.5. The third-order valence-electron chi connectivity index (χ3n) is 5.47. The molecule has 0 aromatic heterocycles. The molecule has 1 aliphatic heterocycles. The summed E-state index contributed by atoms with van der Waals surface area (Å²) in [4.78, 5) is 16.0. The zero-order chi connectivity index (χ0) is 20.2. The number of aliphatic hydroxyl groups is 2. The average molecular weight is 387 g/mol. The summed E-state index contributed by atoms with van der Waals surface area (Å²) in [5.74, 6) is -0.283. The molecule has 0 aromatic rings. The van der Waals surface area contributed by atoms with E-state index in [4.69, 9.17) is 33.4 Å². The standard InChI is InChI=1S/C16H33N7O4/c17-9(2-1-5-22-15(20)21)14(26)23-7-8-3-4-16(27-8)11(19)6-10(18)12(24)13(16)25/h8-13,24-25H,1-7,17-19H2,(H,23,26)(H4,20,21,22)/t8-,9-,10+,11-,12-,13+,16-/m0/s1. The number of aliphatic imine (C=N–C) groups is 1. The van der Waals surface area contributed by atoms with Gasteiger partial charge >= 0.3 is 0 Å². The Kier molecular flexibility index (Phi) is 7.37. The van der Waals surface area contributed by atoms with Crippen molar-refractivity contribution in [2.75, 3.05) is 13.1 Å². The zero-order valence-electron chi connectivity index (χ0n) is 15.5. The van der Waals surface area contributed by atoms with E-state index in [0.29, 0.717) is 38.6 Å². The highest BCUT2D eigenvalue weighted by atomic mass is 16.5. The second kappa shape index (κ2) is 9.13. The van der Waals surface area contributed by atoms with Crippen molar-refractivity contribution in [2.24, 2.45) is 33.7 Å². The highest BCUT2D eigenvalue weighted by Crippen LogP contribution is 2.41. The van der Waals surface area contributed by atoms with E-state index in [1.807, 2.05) is 0 Å². The maximum absolute atomic E-state index is 12.1. The fraction of sp³-hybridized carbons (Fsp3) is 0.875. The molecule has 1 saturated heterocycles. The normalized spacial score (nSPS) is 37.1. The number of hydrogen-bond donors (Lipinski definition) is 8. The van der Waals surface area contributed by atoms with Crippen LogP contribution in [-0.2, 0) is 9.53 Å². The minimum absolute atomic E-state index is 0.00881. The van der Waals surface area contributed by atoms with Crippen LogP contribution in [0.5, 0.6) is 0 Å². The summed E-state index contributed by atoms with van der Waals surface area (Å²) in [6, 6.07) is -1.73. The molecule has 1 saturated carbocycles. The summed E-state index contributed by atoms with van der Waals surface area (Å²) in [7, 11) is 0. The Bertz CT molecular complexity index is 545. The van der Waals surface area contributed by atoms with Gasteiger partial charge in [-0.25, -0.2) is 0 Å². The summed E-state index contributed by atoms with van der Waals surface area (Å²) in [6.45, 7) is 0.668. The molecule has 0 unspecified atom stereocenters. The van der Waals surface area contributed by atoms with Crippen molar-refractivity contribution in [1.82, 2.24) is 5.32 Å². The highest BCUT2D eigenvalue weighted by Gasteiger charge is 2.56. The lowest BCUT2D eigenvalue weighted by atomic mass is 9.73. The molecule has 13 N–H and O–H groups in total. The molecule has 1 amide bonds. The van der Waals surface area contributed by atoms with Gasteiger partial charge in [0.25, 0.3) is 0 Å². The maximum Gasteiger partial charge on any atom is 0.237 e. The molecule has 0 bridgehead atoms. The molecule has 2 fully saturated rings. The van der Waals surface area contributed by atoms with Gasteiger partial charge in [-0.05, 0) is 32.1 Å². The van der Waals surface area contributed by atoms with Crippen molar-refractivity contribution in [1.29, 1.82) is 0 Å². The molecular formula is C16H33N7O4. The molecule has 156 valence electrons. The van der Waals surface area contributed by atoms with Gasteiger partial charge in [-0.2, -0.15) is 0 Å². The average Bonchev–Trinajstić information content (AvgIpc) is 3.05. The smallest absolute Gasteiger partial charge is 0.237 e. The number of carbonyl (C=O) groups is 1. The summed E-state index contributed by atoms with van der Waals surface area (Å²) in [5.41, 5.74) is 27.3. The van der Waals surface area contributed by atoms with Crippen LogP contribution in [0.2, 0.25) is 0 Å².